The van der Waals surface area contributed by atoms with Crippen molar-refractivity contribution < 1.29 is 9.90 Å². The third kappa shape index (κ3) is 6.48. The van der Waals surface area contributed by atoms with Crippen molar-refractivity contribution in [3.05, 3.63) is 23.9 Å². The van der Waals surface area contributed by atoms with E-state index in [2.05, 4.69) is 31.1 Å². The third-order valence-electron chi connectivity index (χ3n) is 2.97. The van der Waals surface area contributed by atoms with E-state index < -0.39 is 0 Å². The Morgan fingerprint density at radius 1 is 1.43 bits per heavy atom. The predicted molar refractivity (Wildman–Crippen MR) is 87.6 cm³/mol. The minimum atomic E-state index is -0.111. The number of rotatable bonds is 6. The first kappa shape index (κ1) is 18.0. The zero-order chi connectivity index (χ0) is 16.0. The normalized spacial score (nSPS) is 13.3. The van der Waals surface area contributed by atoms with E-state index >= 15 is 0 Å². The van der Waals surface area contributed by atoms with Gasteiger partial charge in [-0.25, -0.2) is 4.98 Å². The Hall–Kier alpha value is -1.07. The molecule has 2 N–H and O–H groups in total. The fourth-order valence-corrected chi connectivity index (χ4v) is 2.81. The molecule has 0 radical (unpaired) electrons. The lowest BCUT2D eigenvalue weighted by Gasteiger charge is -2.22. The van der Waals surface area contributed by atoms with Crippen LogP contribution in [0.25, 0.3) is 0 Å². The lowest BCUT2D eigenvalue weighted by atomic mass is 10.0. The number of hydrogen-bond acceptors (Lipinski definition) is 4. The molecule has 1 aromatic heterocycles. The number of carbonyl (C=O) groups excluding carboxylic acids is 1. The van der Waals surface area contributed by atoms with Crippen molar-refractivity contribution in [2.24, 2.45) is 5.92 Å². The van der Waals surface area contributed by atoms with Crippen LogP contribution in [-0.4, -0.2) is 33.4 Å². The molecule has 1 rings (SSSR count). The second-order valence-corrected chi connectivity index (χ2v) is 8.28. The summed E-state index contributed by atoms with van der Waals surface area (Å²) in [5.74, 6) is 0.173. The molecule has 118 valence electrons. The summed E-state index contributed by atoms with van der Waals surface area (Å²) in [7, 11) is 0. The van der Waals surface area contributed by atoms with Gasteiger partial charge in [-0.1, -0.05) is 34.6 Å². The van der Waals surface area contributed by atoms with Gasteiger partial charge in [0.25, 0.3) is 5.91 Å². The Balaban J connectivity index is 2.80. The van der Waals surface area contributed by atoms with E-state index in [1.165, 1.54) is 0 Å². The molecule has 1 unspecified atom stereocenters. The highest BCUT2D eigenvalue weighted by Crippen LogP contribution is 2.30. The molecule has 1 heterocycles. The van der Waals surface area contributed by atoms with Gasteiger partial charge in [0.05, 0.1) is 5.03 Å². The maximum atomic E-state index is 12.3. The summed E-state index contributed by atoms with van der Waals surface area (Å²) in [6.45, 7) is 10.5. The van der Waals surface area contributed by atoms with Gasteiger partial charge >= 0.3 is 0 Å². The monoisotopic (exact) mass is 310 g/mol. The fourth-order valence-electron chi connectivity index (χ4n) is 1.88. The lowest BCUT2D eigenvalue weighted by Crippen LogP contribution is -2.39. The summed E-state index contributed by atoms with van der Waals surface area (Å²) in [5.41, 5.74) is 0.611. The van der Waals surface area contributed by atoms with Crippen LogP contribution in [0.2, 0.25) is 0 Å². The second-order valence-electron chi connectivity index (χ2n) is 6.43. The van der Waals surface area contributed by atoms with Crippen LogP contribution < -0.4 is 5.32 Å². The Bertz CT molecular complexity index is 470. The molecule has 0 fully saturated rings. The summed E-state index contributed by atoms with van der Waals surface area (Å²) >= 11 is 1.64. The largest absolute Gasteiger partial charge is 0.396 e. The average Bonchev–Trinajstić information content (AvgIpc) is 2.36. The second kappa shape index (κ2) is 7.80. The van der Waals surface area contributed by atoms with Crippen molar-refractivity contribution in [2.45, 2.75) is 56.9 Å². The van der Waals surface area contributed by atoms with Gasteiger partial charge in [0, 0.05) is 29.2 Å². The Morgan fingerprint density at radius 3 is 2.62 bits per heavy atom. The molecule has 0 spiro atoms. The number of aliphatic hydroxyl groups excluding tert-OH is 1. The van der Waals surface area contributed by atoms with Crippen molar-refractivity contribution in [3.8, 4) is 0 Å². The topological polar surface area (TPSA) is 62.2 Å². The zero-order valence-electron chi connectivity index (χ0n) is 13.5. The number of carbonyl (C=O) groups is 1. The molecule has 0 saturated carbocycles. The SMILES string of the molecule is CC(C)C(CCO)NC(=O)c1ccnc(SC(C)(C)C)c1. The number of pyridine rings is 1. The molecule has 1 amide bonds. The highest BCUT2D eigenvalue weighted by molar-refractivity contribution is 8.00. The van der Waals surface area contributed by atoms with Crippen LogP contribution in [-0.2, 0) is 0 Å². The molecule has 0 aliphatic heterocycles. The van der Waals surface area contributed by atoms with E-state index in [0.29, 0.717) is 12.0 Å². The molecule has 0 saturated heterocycles. The van der Waals surface area contributed by atoms with Gasteiger partial charge in [0.15, 0.2) is 0 Å². The number of nitrogens with one attached hydrogen (secondary N) is 1. The zero-order valence-corrected chi connectivity index (χ0v) is 14.3. The first-order chi connectivity index (χ1) is 9.73. The molecular formula is C16H26N2O2S. The maximum absolute atomic E-state index is 12.3. The van der Waals surface area contributed by atoms with Crippen LogP contribution in [0.5, 0.6) is 0 Å². The molecular weight excluding hydrogens is 284 g/mol. The quantitative estimate of drug-likeness (QED) is 0.793. The summed E-state index contributed by atoms with van der Waals surface area (Å²) in [5, 5.41) is 12.9. The van der Waals surface area contributed by atoms with Gasteiger partial charge in [-0.3, -0.25) is 4.79 Å². The Kier molecular flexibility index (Phi) is 6.68. The summed E-state index contributed by atoms with van der Waals surface area (Å²) < 4.78 is 0.0550. The molecule has 21 heavy (non-hydrogen) atoms. The molecule has 1 atom stereocenters. The highest BCUT2D eigenvalue weighted by Gasteiger charge is 2.18. The minimum Gasteiger partial charge on any atom is -0.396 e. The molecule has 4 nitrogen and oxygen atoms in total. The minimum absolute atomic E-state index is 0.0191. The average molecular weight is 310 g/mol. The van der Waals surface area contributed by atoms with Crippen LogP contribution in [0.3, 0.4) is 0 Å². The van der Waals surface area contributed by atoms with Gasteiger partial charge in [-0.2, -0.15) is 0 Å². The molecule has 0 aromatic carbocycles. The van der Waals surface area contributed by atoms with Crippen molar-refractivity contribution in [1.82, 2.24) is 10.3 Å². The summed E-state index contributed by atoms with van der Waals surface area (Å²) in [4.78, 5) is 16.6. The number of aromatic nitrogens is 1. The molecule has 1 aromatic rings. The van der Waals surface area contributed by atoms with E-state index in [-0.39, 0.29) is 29.2 Å². The summed E-state index contributed by atoms with van der Waals surface area (Å²) in [6, 6.07) is 3.52. The van der Waals surface area contributed by atoms with Crippen molar-refractivity contribution in [2.75, 3.05) is 6.61 Å². The smallest absolute Gasteiger partial charge is 0.251 e. The number of nitrogens with zero attached hydrogens (tertiary/aromatic N) is 1. The standard InChI is InChI=1S/C16H26N2O2S/c1-11(2)13(7-9-19)18-15(20)12-6-8-17-14(10-12)21-16(3,4)5/h6,8,10-11,13,19H,7,9H2,1-5H3,(H,18,20). The number of amides is 1. The van der Waals surface area contributed by atoms with E-state index in [9.17, 15) is 4.79 Å². The molecule has 0 aliphatic rings. The fraction of sp³-hybridized carbons (Fsp3) is 0.625. The predicted octanol–water partition coefficient (Wildman–Crippen LogP) is 3.11. The van der Waals surface area contributed by atoms with E-state index in [1.54, 1.807) is 24.0 Å². The molecule has 0 aliphatic carbocycles. The van der Waals surface area contributed by atoms with E-state index in [4.69, 9.17) is 5.11 Å². The number of hydrogen-bond donors (Lipinski definition) is 2. The van der Waals surface area contributed by atoms with Crippen molar-refractivity contribution in [1.29, 1.82) is 0 Å². The van der Waals surface area contributed by atoms with Gasteiger partial charge in [0.2, 0.25) is 0 Å². The first-order valence-corrected chi connectivity index (χ1v) is 8.11. The summed E-state index contributed by atoms with van der Waals surface area (Å²) in [6.07, 6.45) is 2.23. The third-order valence-corrected chi connectivity index (χ3v) is 4.01. The van der Waals surface area contributed by atoms with Crippen LogP contribution in [0.4, 0.5) is 0 Å². The highest BCUT2D eigenvalue weighted by atomic mass is 32.2. The van der Waals surface area contributed by atoms with Gasteiger partial charge < -0.3 is 10.4 Å². The van der Waals surface area contributed by atoms with Crippen LogP contribution >= 0.6 is 11.8 Å². The molecule has 5 heteroatoms. The van der Waals surface area contributed by atoms with E-state index in [1.807, 2.05) is 19.9 Å². The van der Waals surface area contributed by atoms with Gasteiger partial charge in [-0.15, -0.1) is 11.8 Å². The van der Waals surface area contributed by atoms with Crippen molar-refractivity contribution in [3.63, 3.8) is 0 Å². The number of aliphatic hydroxyl groups is 1. The number of thioether (sulfide) groups is 1. The van der Waals surface area contributed by atoms with Crippen LogP contribution in [0.15, 0.2) is 23.4 Å². The van der Waals surface area contributed by atoms with Gasteiger partial charge in [-0.05, 0) is 24.5 Å². The maximum Gasteiger partial charge on any atom is 0.251 e. The van der Waals surface area contributed by atoms with E-state index in [0.717, 1.165) is 5.03 Å². The van der Waals surface area contributed by atoms with Crippen LogP contribution in [0, 0.1) is 5.92 Å². The Morgan fingerprint density at radius 2 is 2.10 bits per heavy atom. The van der Waals surface area contributed by atoms with Crippen LogP contribution in [0.1, 0.15) is 51.4 Å². The Labute approximate surface area is 131 Å². The van der Waals surface area contributed by atoms with Crippen molar-refractivity contribution >= 4 is 17.7 Å². The first-order valence-electron chi connectivity index (χ1n) is 7.29. The van der Waals surface area contributed by atoms with Gasteiger partial charge in [0.1, 0.15) is 0 Å². The molecule has 0 bridgehead atoms. The lowest BCUT2D eigenvalue weighted by molar-refractivity contribution is 0.0916.